The summed E-state index contributed by atoms with van der Waals surface area (Å²) in [6.07, 6.45) is 8.86. The van der Waals surface area contributed by atoms with Crippen molar-refractivity contribution in [1.82, 2.24) is 4.98 Å². The second-order valence-electron chi connectivity index (χ2n) is 17.9. The Morgan fingerprint density at radius 1 is 1.06 bits per heavy atom. The number of ketones is 1. The number of rotatable bonds is 20. The van der Waals surface area contributed by atoms with Gasteiger partial charge < -0.3 is 19.1 Å². The number of aliphatic carboxylic acids is 1. The molecule has 5 atom stereocenters. The zero-order chi connectivity index (χ0) is 39.8. The van der Waals surface area contributed by atoms with Crippen LogP contribution in [-0.4, -0.2) is 61.9 Å². The SMILES string of the molecule is C#CC[C@@H](C(=O)C(C)(C)[C@H](CC(=O)O)O[Si](C)(C)C(C)(C)C)[C@@H](O[Si](C)(C)C(C)(C)C)[C@@H](C)CCC/C(C)=C\C[C@H](O)/C(F)=C/c1csc(C)n1. The number of halogens is 1. The van der Waals surface area contributed by atoms with Crippen LogP contribution in [0.3, 0.4) is 0 Å². The van der Waals surface area contributed by atoms with Gasteiger partial charge in [-0.05, 0) is 87.8 Å². The quantitative estimate of drug-likeness (QED) is 0.0773. The molecule has 1 heterocycles. The zero-order valence-corrected chi connectivity index (χ0v) is 37.0. The molecule has 290 valence electrons. The molecule has 0 aromatic carbocycles. The van der Waals surface area contributed by atoms with Crippen LogP contribution in [0.2, 0.25) is 36.3 Å². The van der Waals surface area contributed by atoms with Gasteiger partial charge >= 0.3 is 5.97 Å². The van der Waals surface area contributed by atoms with Crippen molar-refractivity contribution in [2.75, 3.05) is 0 Å². The summed E-state index contributed by atoms with van der Waals surface area (Å²) in [5.41, 5.74) is 0.396. The van der Waals surface area contributed by atoms with Gasteiger partial charge in [-0.2, -0.15) is 0 Å². The number of hydrogen-bond donors (Lipinski definition) is 2. The number of carboxylic acid groups (broad SMARTS) is 1. The van der Waals surface area contributed by atoms with E-state index in [1.54, 1.807) is 19.2 Å². The Hall–Kier alpha value is -1.95. The van der Waals surface area contributed by atoms with Crippen molar-refractivity contribution >= 4 is 45.8 Å². The second-order valence-corrected chi connectivity index (χ2v) is 28.5. The summed E-state index contributed by atoms with van der Waals surface area (Å²) < 4.78 is 28.4. The van der Waals surface area contributed by atoms with Gasteiger partial charge in [0.15, 0.2) is 16.6 Å². The van der Waals surface area contributed by atoms with Gasteiger partial charge in [0, 0.05) is 17.2 Å². The van der Waals surface area contributed by atoms with E-state index < -0.39 is 58.1 Å². The third kappa shape index (κ3) is 14.1. The van der Waals surface area contributed by atoms with Crippen molar-refractivity contribution < 1.29 is 33.0 Å². The minimum absolute atomic E-state index is 0.0446. The molecule has 0 spiro atoms. The predicted molar refractivity (Wildman–Crippen MR) is 215 cm³/mol. The molecule has 0 aliphatic carbocycles. The smallest absolute Gasteiger partial charge is 0.305 e. The number of allylic oxidation sites excluding steroid dienone is 1. The van der Waals surface area contributed by atoms with E-state index in [1.165, 1.54) is 17.4 Å². The van der Waals surface area contributed by atoms with Gasteiger partial charge in [-0.3, -0.25) is 9.59 Å². The number of aryl methyl sites for hydroxylation is 1. The number of thiazole rings is 1. The van der Waals surface area contributed by atoms with E-state index in [2.05, 4.69) is 85.6 Å². The lowest BCUT2D eigenvalue weighted by Crippen LogP contribution is -2.55. The number of carbonyl (C=O) groups is 2. The number of carboxylic acids is 1. The van der Waals surface area contributed by atoms with E-state index in [9.17, 15) is 24.2 Å². The van der Waals surface area contributed by atoms with Crippen LogP contribution >= 0.6 is 11.3 Å². The van der Waals surface area contributed by atoms with Gasteiger partial charge in [0.2, 0.25) is 0 Å². The fourth-order valence-corrected chi connectivity index (χ4v) is 8.89. The Morgan fingerprint density at radius 3 is 2.08 bits per heavy atom. The largest absolute Gasteiger partial charge is 0.481 e. The molecule has 0 aliphatic rings. The molecular formula is C40H68FNO6SSi2. The number of nitrogens with zero attached hydrogens (tertiary/aromatic N) is 1. The van der Waals surface area contributed by atoms with Gasteiger partial charge in [0.25, 0.3) is 0 Å². The first-order chi connectivity index (χ1) is 23.1. The highest BCUT2D eigenvalue weighted by atomic mass is 32.1. The van der Waals surface area contributed by atoms with Crippen LogP contribution in [0, 0.1) is 36.5 Å². The maximum Gasteiger partial charge on any atom is 0.305 e. The molecular weight excluding hydrogens is 698 g/mol. The summed E-state index contributed by atoms with van der Waals surface area (Å²) in [6.45, 7) is 30.8. The number of aromatic nitrogens is 1. The molecule has 51 heavy (non-hydrogen) atoms. The summed E-state index contributed by atoms with van der Waals surface area (Å²) in [6, 6.07) is 0. The van der Waals surface area contributed by atoms with E-state index in [4.69, 9.17) is 15.3 Å². The van der Waals surface area contributed by atoms with Crippen LogP contribution in [0.4, 0.5) is 4.39 Å². The minimum Gasteiger partial charge on any atom is -0.481 e. The Labute approximate surface area is 315 Å². The van der Waals surface area contributed by atoms with E-state index >= 15 is 0 Å². The molecule has 0 radical (unpaired) electrons. The number of aliphatic hydroxyl groups is 1. The Balaban J connectivity index is 3.35. The lowest BCUT2D eigenvalue weighted by Gasteiger charge is -2.46. The number of carbonyl (C=O) groups excluding carboxylic acids is 1. The topological polar surface area (TPSA) is 106 Å². The zero-order valence-electron chi connectivity index (χ0n) is 34.2. The highest BCUT2D eigenvalue weighted by molar-refractivity contribution is 7.09. The predicted octanol–water partition coefficient (Wildman–Crippen LogP) is 10.8. The first-order valence-electron chi connectivity index (χ1n) is 18.3. The highest BCUT2D eigenvalue weighted by Crippen LogP contribution is 2.44. The van der Waals surface area contributed by atoms with Crippen molar-refractivity contribution in [3.05, 3.63) is 33.6 Å². The molecule has 2 N–H and O–H groups in total. The van der Waals surface area contributed by atoms with Crippen molar-refractivity contribution in [3.63, 3.8) is 0 Å². The van der Waals surface area contributed by atoms with Crippen LogP contribution in [0.5, 0.6) is 0 Å². The van der Waals surface area contributed by atoms with E-state index in [-0.39, 0.29) is 41.0 Å². The lowest BCUT2D eigenvalue weighted by atomic mass is 9.71. The van der Waals surface area contributed by atoms with E-state index in [0.717, 1.165) is 29.8 Å². The summed E-state index contributed by atoms with van der Waals surface area (Å²) in [5.74, 6) is 0.295. The number of hydrogen-bond acceptors (Lipinski definition) is 7. The van der Waals surface area contributed by atoms with Crippen molar-refractivity contribution in [1.29, 1.82) is 0 Å². The van der Waals surface area contributed by atoms with Gasteiger partial charge in [-0.25, -0.2) is 9.37 Å². The molecule has 0 bridgehead atoms. The number of aliphatic hydroxyl groups excluding tert-OH is 1. The van der Waals surface area contributed by atoms with Crippen LogP contribution in [0.25, 0.3) is 6.08 Å². The van der Waals surface area contributed by atoms with Crippen LogP contribution in [-0.2, 0) is 18.4 Å². The minimum atomic E-state index is -2.45. The standard InChI is InChI=1S/C40H68FNO6SSi2/c1-17-19-31(37(46)40(11,12)34(25-35(44)45)47-50(13,14)38(5,6)7)36(48-51(15,16)39(8,9)10)28(3)21-18-20-27(2)22-23-33(43)32(41)24-30-26-49-29(4)42-30/h1,22,24,26,28,31,33-34,36,43H,18-21,23,25H2,2-16H3,(H,44,45)/b27-22-,32-24-/t28-,31+,33-,34-,36-/m0/s1. The maximum absolute atomic E-state index is 14.8. The second kappa shape index (κ2) is 18.9. The maximum atomic E-state index is 14.8. The van der Waals surface area contributed by atoms with Crippen molar-refractivity contribution in [2.24, 2.45) is 17.3 Å². The summed E-state index contributed by atoms with van der Waals surface area (Å²) >= 11 is 1.43. The monoisotopic (exact) mass is 765 g/mol. The number of terminal acetylenes is 1. The number of Topliss-reactive ketones (excluding diaryl/α,β-unsaturated/α-hetero) is 1. The van der Waals surface area contributed by atoms with Crippen LogP contribution in [0.15, 0.2) is 22.9 Å². The van der Waals surface area contributed by atoms with Crippen molar-refractivity contribution in [3.8, 4) is 12.3 Å². The molecule has 11 heteroatoms. The van der Waals surface area contributed by atoms with Crippen LogP contribution < -0.4 is 0 Å². The molecule has 1 aromatic heterocycles. The average Bonchev–Trinajstić information content (AvgIpc) is 3.39. The molecule has 0 amide bonds. The highest BCUT2D eigenvalue weighted by Gasteiger charge is 2.50. The van der Waals surface area contributed by atoms with E-state index in [1.807, 2.05) is 19.9 Å². The molecule has 0 saturated carbocycles. The van der Waals surface area contributed by atoms with E-state index in [0.29, 0.717) is 5.69 Å². The van der Waals surface area contributed by atoms with Gasteiger partial charge in [-0.1, -0.05) is 74.0 Å². The van der Waals surface area contributed by atoms with Crippen molar-refractivity contribution in [2.45, 2.75) is 169 Å². The van der Waals surface area contributed by atoms with Crippen LogP contribution in [0.1, 0.15) is 118 Å². The Bertz CT molecular complexity index is 1410. The summed E-state index contributed by atoms with van der Waals surface area (Å²) in [7, 11) is -4.84. The lowest BCUT2D eigenvalue weighted by molar-refractivity contribution is -0.146. The Kier molecular flexibility index (Phi) is 17.4. The molecule has 7 nitrogen and oxygen atoms in total. The van der Waals surface area contributed by atoms with Gasteiger partial charge in [0.05, 0.1) is 35.2 Å². The first kappa shape index (κ1) is 47.1. The normalized spacial score (nSPS) is 17.0. The molecule has 0 saturated heterocycles. The fourth-order valence-electron chi connectivity index (χ4n) is 5.45. The van der Waals surface area contributed by atoms with Gasteiger partial charge in [-0.15, -0.1) is 23.7 Å². The molecule has 0 fully saturated rings. The van der Waals surface area contributed by atoms with Gasteiger partial charge in [0.1, 0.15) is 17.7 Å². The molecule has 1 rings (SSSR count). The summed E-state index contributed by atoms with van der Waals surface area (Å²) in [5, 5.41) is 22.6. The Morgan fingerprint density at radius 2 is 1.61 bits per heavy atom. The third-order valence-electron chi connectivity index (χ3n) is 11.1. The average molecular weight is 766 g/mol. The fraction of sp³-hybridized carbons (Fsp3) is 0.725. The molecule has 0 aliphatic heterocycles. The molecule has 0 unspecified atom stereocenters. The first-order valence-corrected chi connectivity index (χ1v) is 24.9. The molecule has 1 aromatic rings. The third-order valence-corrected chi connectivity index (χ3v) is 20.8. The summed E-state index contributed by atoms with van der Waals surface area (Å²) in [4.78, 5) is 31.2.